The van der Waals surface area contributed by atoms with Crippen LogP contribution in [0.5, 0.6) is 5.75 Å². The van der Waals surface area contributed by atoms with Crippen molar-refractivity contribution >= 4 is 22.8 Å². The number of hydrogen-bond acceptors (Lipinski definition) is 7. The van der Waals surface area contributed by atoms with Gasteiger partial charge < -0.3 is 30.1 Å². The molecule has 2 amide bonds. The van der Waals surface area contributed by atoms with Gasteiger partial charge in [-0.15, -0.1) is 0 Å². The van der Waals surface area contributed by atoms with Crippen LogP contribution in [0.1, 0.15) is 40.3 Å². The molecule has 0 saturated heterocycles. The normalized spacial score (nSPS) is 13.4. The van der Waals surface area contributed by atoms with Crippen LogP contribution in [-0.4, -0.2) is 28.5 Å². The van der Waals surface area contributed by atoms with Crippen LogP contribution in [0.4, 0.5) is 0 Å². The number of hydrogen-bond donors (Lipinski definition) is 3. The predicted octanol–water partition coefficient (Wildman–Crippen LogP) is 1.45. The first-order valence-electron chi connectivity index (χ1n) is 8.50. The Bertz CT molecular complexity index is 1070. The van der Waals surface area contributed by atoms with Gasteiger partial charge in [-0.2, -0.15) is 0 Å². The monoisotopic (exact) mass is 387 g/mol. The molecule has 9 nitrogen and oxygen atoms in total. The first kappa shape index (κ1) is 19.4. The number of nitrogens with two attached hydrogens (primary N) is 2. The predicted molar refractivity (Wildman–Crippen MR) is 98.7 cm³/mol. The SMILES string of the molecule is Cc1ncc(COc2ccc3oc(C)c(C(N)=O)c3c2C(C)(CO)C(N)=O)o1. The number of aliphatic hydroxyl groups is 1. The lowest BCUT2D eigenvalue weighted by molar-refractivity contribution is -0.124. The molecule has 9 heteroatoms. The van der Waals surface area contributed by atoms with Crippen molar-refractivity contribution in [2.45, 2.75) is 32.8 Å². The molecule has 2 heterocycles. The van der Waals surface area contributed by atoms with Gasteiger partial charge in [0.25, 0.3) is 5.91 Å². The zero-order valence-corrected chi connectivity index (χ0v) is 15.7. The van der Waals surface area contributed by atoms with Crippen LogP contribution in [0.25, 0.3) is 11.0 Å². The number of carbonyl (C=O) groups is 2. The van der Waals surface area contributed by atoms with E-state index in [1.165, 1.54) is 13.1 Å². The summed E-state index contributed by atoms with van der Waals surface area (Å²) in [6.45, 7) is 4.15. The van der Waals surface area contributed by atoms with Gasteiger partial charge in [0.1, 0.15) is 23.7 Å². The zero-order chi connectivity index (χ0) is 20.6. The Hall–Kier alpha value is -3.33. The number of amides is 2. The topological polar surface area (TPSA) is 155 Å². The molecule has 148 valence electrons. The number of fused-ring (bicyclic) bond motifs is 1. The fraction of sp³-hybridized carbons (Fsp3) is 0.316. The third kappa shape index (κ3) is 3.09. The summed E-state index contributed by atoms with van der Waals surface area (Å²) in [6.07, 6.45) is 1.52. The maximum Gasteiger partial charge on any atom is 0.252 e. The van der Waals surface area contributed by atoms with E-state index < -0.39 is 23.8 Å². The van der Waals surface area contributed by atoms with E-state index in [2.05, 4.69) is 4.98 Å². The standard InChI is InChI=1S/C19H21N3O6/c1-9-14(17(20)24)15-12(27-9)4-5-13(16(15)19(3,8-23)18(21)25)26-7-11-6-22-10(2)28-11/h4-6,23H,7-8H2,1-3H3,(H2,20,24)(H2,21,25). The molecule has 0 bridgehead atoms. The second-order valence-corrected chi connectivity index (χ2v) is 6.70. The van der Waals surface area contributed by atoms with E-state index >= 15 is 0 Å². The van der Waals surface area contributed by atoms with Crippen molar-refractivity contribution in [2.24, 2.45) is 11.5 Å². The summed E-state index contributed by atoms with van der Waals surface area (Å²) in [7, 11) is 0. The van der Waals surface area contributed by atoms with Crippen molar-refractivity contribution in [3.63, 3.8) is 0 Å². The lowest BCUT2D eigenvalue weighted by Crippen LogP contribution is -2.42. The molecule has 0 aliphatic heterocycles. The molecule has 0 radical (unpaired) electrons. The average molecular weight is 387 g/mol. The molecular formula is C19H21N3O6. The van der Waals surface area contributed by atoms with E-state index in [4.69, 9.17) is 25.0 Å². The van der Waals surface area contributed by atoms with Gasteiger partial charge in [-0.1, -0.05) is 0 Å². The second kappa shape index (κ2) is 7.01. The highest BCUT2D eigenvalue weighted by molar-refractivity contribution is 6.10. The lowest BCUT2D eigenvalue weighted by Gasteiger charge is -2.27. The minimum absolute atomic E-state index is 0.0162. The molecule has 1 unspecified atom stereocenters. The summed E-state index contributed by atoms with van der Waals surface area (Å²) in [5.74, 6) is -0.0565. The molecule has 3 rings (SSSR count). The van der Waals surface area contributed by atoms with E-state index in [1.807, 2.05) is 0 Å². The van der Waals surface area contributed by atoms with Crippen LogP contribution in [0.15, 0.2) is 27.2 Å². The summed E-state index contributed by atoms with van der Waals surface area (Å²) < 4.78 is 16.9. The van der Waals surface area contributed by atoms with Crippen molar-refractivity contribution in [1.29, 1.82) is 0 Å². The van der Waals surface area contributed by atoms with E-state index in [0.29, 0.717) is 17.2 Å². The van der Waals surface area contributed by atoms with Crippen molar-refractivity contribution in [2.75, 3.05) is 6.61 Å². The molecule has 0 fully saturated rings. The highest BCUT2D eigenvalue weighted by atomic mass is 16.5. The van der Waals surface area contributed by atoms with E-state index in [0.717, 1.165) is 0 Å². The van der Waals surface area contributed by atoms with Gasteiger partial charge in [0.15, 0.2) is 11.7 Å². The van der Waals surface area contributed by atoms with Crippen LogP contribution in [0.2, 0.25) is 0 Å². The quantitative estimate of drug-likeness (QED) is 0.554. The minimum atomic E-state index is -1.55. The summed E-state index contributed by atoms with van der Waals surface area (Å²) in [5.41, 5.74) is 10.2. The summed E-state index contributed by atoms with van der Waals surface area (Å²) in [6, 6.07) is 3.17. The number of furan rings is 1. The van der Waals surface area contributed by atoms with E-state index in [-0.39, 0.29) is 34.6 Å². The van der Waals surface area contributed by atoms with Gasteiger partial charge in [-0.25, -0.2) is 4.98 Å². The van der Waals surface area contributed by atoms with Gasteiger partial charge in [0.2, 0.25) is 5.91 Å². The molecule has 0 aliphatic carbocycles. The van der Waals surface area contributed by atoms with Crippen molar-refractivity contribution in [1.82, 2.24) is 4.98 Å². The number of aromatic nitrogens is 1. The van der Waals surface area contributed by atoms with E-state index in [1.54, 1.807) is 26.0 Å². The third-order valence-corrected chi connectivity index (χ3v) is 4.69. The number of ether oxygens (including phenoxy) is 1. The van der Waals surface area contributed by atoms with Crippen LogP contribution in [-0.2, 0) is 16.8 Å². The fourth-order valence-electron chi connectivity index (χ4n) is 3.16. The van der Waals surface area contributed by atoms with Gasteiger partial charge in [-0.3, -0.25) is 9.59 Å². The number of rotatable bonds is 7. The van der Waals surface area contributed by atoms with Crippen LogP contribution < -0.4 is 16.2 Å². The molecule has 0 spiro atoms. The van der Waals surface area contributed by atoms with Gasteiger partial charge in [0.05, 0.1) is 23.8 Å². The zero-order valence-electron chi connectivity index (χ0n) is 15.7. The number of primary amides is 2. The molecular weight excluding hydrogens is 366 g/mol. The number of benzene rings is 1. The first-order valence-corrected chi connectivity index (χ1v) is 8.50. The minimum Gasteiger partial charge on any atom is -0.485 e. The Labute approximate surface area is 160 Å². The highest BCUT2D eigenvalue weighted by Crippen LogP contribution is 2.41. The molecule has 3 aromatic rings. The van der Waals surface area contributed by atoms with Gasteiger partial charge in [-0.05, 0) is 26.0 Å². The Balaban J connectivity index is 2.25. The number of aryl methyl sites for hydroxylation is 2. The summed E-state index contributed by atoms with van der Waals surface area (Å²) in [4.78, 5) is 28.3. The number of aliphatic hydroxyl groups excluding tert-OH is 1. The Morgan fingerprint density at radius 1 is 1.25 bits per heavy atom. The van der Waals surface area contributed by atoms with Crippen LogP contribution >= 0.6 is 0 Å². The van der Waals surface area contributed by atoms with E-state index in [9.17, 15) is 14.7 Å². The largest absolute Gasteiger partial charge is 0.485 e. The van der Waals surface area contributed by atoms with Crippen molar-refractivity contribution in [3.8, 4) is 5.75 Å². The second-order valence-electron chi connectivity index (χ2n) is 6.70. The Kier molecular flexibility index (Phi) is 4.86. The smallest absolute Gasteiger partial charge is 0.252 e. The molecule has 0 saturated carbocycles. The van der Waals surface area contributed by atoms with Gasteiger partial charge >= 0.3 is 0 Å². The van der Waals surface area contributed by atoms with Crippen LogP contribution in [0, 0.1) is 13.8 Å². The van der Waals surface area contributed by atoms with Crippen molar-refractivity contribution in [3.05, 3.63) is 46.9 Å². The van der Waals surface area contributed by atoms with Crippen molar-refractivity contribution < 1.29 is 28.3 Å². The molecule has 28 heavy (non-hydrogen) atoms. The Morgan fingerprint density at radius 3 is 2.50 bits per heavy atom. The summed E-state index contributed by atoms with van der Waals surface area (Å²) in [5, 5.41) is 10.3. The Morgan fingerprint density at radius 2 is 1.96 bits per heavy atom. The number of carbonyl (C=O) groups excluding carboxylic acids is 2. The summed E-state index contributed by atoms with van der Waals surface area (Å²) >= 11 is 0. The molecule has 0 aliphatic rings. The lowest BCUT2D eigenvalue weighted by atomic mass is 9.79. The molecule has 1 atom stereocenters. The molecule has 1 aromatic carbocycles. The maximum atomic E-state index is 12.2. The number of oxazole rings is 1. The van der Waals surface area contributed by atoms with Crippen LogP contribution in [0.3, 0.4) is 0 Å². The molecule has 5 N–H and O–H groups in total. The highest BCUT2D eigenvalue weighted by Gasteiger charge is 2.39. The van der Waals surface area contributed by atoms with Gasteiger partial charge in [0, 0.05) is 17.9 Å². The third-order valence-electron chi connectivity index (χ3n) is 4.69. The maximum absolute atomic E-state index is 12.2. The molecule has 2 aromatic heterocycles. The number of nitrogens with zero attached hydrogens (tertiary/aromatic N) is 1. The fourth-order valence-corrected chi connectivity index (χ4v) is 3.16. The average Bonchev–Trinajstić information content (AvgIpc) is 3.20. The first-order chi connectivity index (χ1) is 13.2.